The number of ether oxygens (including phenoxy) is 1. The monoisotopic (exact) mass is 265 g/mol. The zero-order valence-corrected chi connectivity index (χ0v) is 11.5. The van der Waals surface area contributed by atoms with Gasteiger partial charge in [0.2, 0.25) is 0 Å². The molecule has 0 saturated carbocycles. The van der Waals surface area contributed by atoms with Crippen molar-refractivity contribution in [2.24, 2.45) is 5.92 Å². The van der Waals surface area contributed by atoms with Gasteiger partial charge in [0, 0.05) is 24.6 Å². The van der Waals surface area contributed by atoms with Crippen LogP contribution in [-0.4, -0.2) is 30.9 Å². The Labute approximate surface area is 113 Å². The number of piperidine rings is 1. The number of ketones is 1. The summed E-state index contributed by atoms with van der Waals surface area (Å²) >= 11 is 0. The predicted molar refractivity (Wildman–Crippen MR) is 71.6 cm³/mol. The van der Waals surface area contributed by atoms with Gasteiger partial charge in [0.25, 0.3) is 0 Å². The number of methoxy groups -OCH3 is 1. The van der Waals surface area contributed by atoms with E-state index in [0.717, 1.165) is 25.9 Å². The van der Waals surface area contributed by atoms with Gasteiger partial charge in [-0.25, -0.2) is 4.39 Å². The van der Waals surface area contributed by atoms with Crippen molar-refractivity contribution in [3.8, 4) is 5.75 Å². The second kappa shape index (κ2) is 6.15. The number of carbonyl (C=O) groups is 1. The minimum absolute atomic E-state index is 0.0995. The van der Waals surface area contributed by atoms with E-state index in [4.69, 9.17) is 4.74 Å². The van der Waals surface area contributed by atoms with E-state index in [1.54, 1.807) is 25.1 Å². The van der Waals surface area contributed by atoms with Crippen LogP contribution in [0, 0.1) is 11.7 Å². The van der Waals surface area contributed by atoms with Crippen molar-refractivity contribution in [1.29, 1.82) is 0 Å². The topological polar surface area (TPSA) is 29.5 Å². The van der Waals surface area contributed by atoms with Crippen LogP contribution in [0.1, 0.15) is 25.3 Å². The first-order chi connectivity index (χ1) is 9.11. The highest BCUT2D eigenvalue weighted by Crippen LogP contribution is 2.24. The molecule has 0 bridgehead atoms. The normalized spacial score (nSPS) is 20.3. The maximum atomic E-state index is 14.1. The highest BCUT2D eigenvalue weighted by atomic mass is 19.1. The van der Waals surface area contributed by atoms with Gasteiger partial charge in [-0.2, -0.15) is 0 Å². The first-order valence-corrected chi connectivity index (χ1v) is 6.66. The molecule has 1 atom stereocenters. The Bertz CT molecular complexity index is 461. The Morgan fingerprint density at radius 3 is 3.00 bits per heavy atom. The summed E-state index contributed by atoms with van der Waals surface area (Å²) in [5, 5.41) is 0. The summed E-state index contributed by atoms with van der Waals surface area (Å²) in [7, 11) is 1.47. The predicted octanol–water partition coefficient (Wildman–Crippen LogP) is 2.64. The van der Waals surface area contributed by atoms with Gasteiger partial charge in [-0.3, -0.25) is 9.69 Å². The Morgan fingerprint density at radius 2 is 2.32 bits per heavy atom. The quantitative estimate of drug-likeness (QED) is 0.838. The van der Waals surface area contributed by atoms with E-state index in [0.29, 0.717) is 12.1 Å². The number of Topliss-reactive ketones (excluding diaryl/α,β-unsaturated/α-hetero) is 1. The van der Waals surface area contributed by atoms with Crippen LogP contribution in [0.3, 0.4) is 0 Å². The molecule has 3 nitrogen and oxygen atoms in total. The van der Waals surface area contributed by atoms with Gasteiger partial charge in [-0.05, 0) is 32.4 Å². The number of rotatable bonds is 4. The molecule has 1 aromatic rings. The summed E-state index contributed by atoms with van der Waals surface area (Å²) < 4.78 is 19.1. The molecule has 0 amide bonds. The third kappa shape index (κ3) is 3.32. The van der Waals surface area contributed by atoms with Crippen molar-refractivity contribution >= 4 is 5.78 Å². The van der Waals surface area contributed by atoms with E-state index < -0.39 is 0 Å². The lowest BCUT2D eigenvalue weighted by molar-refractivity contribution is -0.122. The Balaban J connectivity index is 2.06. The van der Waals surface area contributed by atoms with E-state index in [1.165, 1.54) is 7.11 Å². The molecule has 1 saturated heterocycles. The highest BCUT2D eigenvalue weighted by molar-refractivity contribution is 5.78. The standard InChI is InChI=1S/C15H20FNO2/c1-11(18)12-6-4-8-17(9-12)10-13-5-3-7-14(19-2)15(13)16/h3,5,7,12H,4,6,8-10H2,1-2H3. The first kappa shape index (κ1) is 14.0. The van der Waals surface area contributed by atoms with Crippen LogP contribution in [0.4, 0.5) is 4.39 Å². The summed E-state index contributed by atoms with van der Waals surface area (Å²) in [5.74, 6) is 0.311. The number of hydrogen-bond acceptors (Lipinski definition) is 3. The van der Waals surface area contributed by atoms with Crippen molar-refractivity contribution in [3.63, 3.8) is 0 Å². The van der Waals surface area contributed by atoms with E-state index in [9.17, 15) is 9.18 Å². The van der Waals surface area contributed by atoms with Crippen LogP contribution < -0.4 is 4.74 Å². The van der Waals surface area contributed by atoms with Crippen LogP contribution in [0.15, 0.2) is 18.2 Å². The first-order valence-electron chi connectivity index (χ1n) is 6.66. The fourth-order valence-electron chi connectivity index (χ4n) is 2.61. The molecule has 1 heterocycles. The molecule has 1 aliphatic rings. The summed E-state index contributed by atoms with van der Waals surface area (Å²) in [6.07, 6.45) is 1.95. The van der Waals surface area contributed by atoms with Crippen molar-refractivity contribution in [3.05, 3.63) is 29.6 Å². The molecular weight excluding hydrogens is 245 g/mol. The van der Waals surface area contributed by atoms with Crippen LogP contribution in [0.2, 0.25) is 0 Å². The number of hydrogen-bond donors (Lipinski definition) is 0. The number of nitrogens with zero attached hydrogens (tertiary/aromatic N) is 1. The molecule has 1 unspecified atom stereocenters. The van der Waals surface area contributed by atoms with E-state index >= 15 is 0 Å². The highest BCUT2D eigenvalue weighted by Gasteiger charge is 2.24. The number of benzene rings is 1. The molecule has 0 aromatic heterocycles. The molecule has 1 fully saturated rings. The molecule has 1 aromatic carbocycles. The van der Waals surface area contributed by atoms with E-state index in [-0.39, 0.29) is 23.3 Å². The molecular formula is C15H20FNO2. The third-order valence-electron chi connectivity index (χ3n) is 3.74. The Morgan fingerprint density at radius 1 is 1.53 bits per heavy atom. The Hall–Kier alpha value is -1.42. The molecule has 0 aliphatic carbocycles. The third-order valence-corrected chi connectivity index (χ3v) is 3.74. The van der Waals surface area contributed by atoms with Crippen molar-refractivity contribution < 1.29 is 13.9 Å². The maximum Gasteiger partial charge on any atom is 0.169 e. The van der Waals surface area contributed by atoms with Gasteiger partial charge in [-0.1, -0.05) is 12.1 Å². The van der Waals surface area contributed by atoms with Crippen LogP contribution in [0.5, 0.6) is 5.75 Å². The largest absolute Gasteiger partial charge is 0.494 e. The molecule has 0 spiro atoms. The fraction of sp³-hybridized carbons (Fsp3) is 0.533. The van der Waals surface area contributed by atoms with Gasteiger partial charge in [-0.15, -0.1) is 0 Å². The van der Waals surface area contributed by atoms with Crippen LogP contribution in [-0.2, 0) is 11.3 Å². The number of carbonyl (C=O) groups excluding carboxylic acids is 1. The zero-order valence-electron chi connectivity index (χ0n) is 11.5. The fourth-order valence-corrected chi connectivity index (χ4v) is 2.61. The van der Waals surface area contributed by atoms with Crippen LogP contribution in [0.25, 0.3) is 0 Å². The van der Waals surface area contributed by atoms with Crippen molar-refractivity contribution in [2.45, 2.75) is 26.3 Å². The summed E-state index contributed by atoms with van der Waals surface area (Å²) in [6.45, 7) is 3.82. The lowest BCUT2D eigenvalue weighted by Crippen LogP contribution is -2.37. The van der Waals surface area contributed by atoms with Gasteiger partial charge < -0.3 is 4.74 Å². The summed E-state index contributed by atoms with van der Waals surface area (Å²) in [5.41, 5.74) is 0.628. The van der Waals surface area contributed by atoms with Gasteiger partial charge in [0.15, 0.2) is 11.6 Å². The average Bonchev–Trinajstić information content (AvgIpc) is 2.41. The van der Waals surface area contributed by atoms with Gasteiger partial charge in [0.1, 0.15) is 5.78 Å². The summed E-state index contributed by atoms with van der Waals surface area (Å²) in [6, 6.07) is 5.19. The van der Waals surface area contributed by atoms with Crippen molar-refractivity contribution in [1.82, 2.24) is 4.90 Å². The second-order valence-corrected chi connectivity index (χ2v) is 5.12. The zero-order chi connectivity index (χ0) is 13.8. The van der Waals surface area contributed by atoms with Crippen molar-refractivity contribution in [2.75, 3.05) is 20.2 Å². The summed E-state index contributed by atoms with van der Waals surface area (Å²) in [4.78, 5) is 13.6. The Kier molecular flexibility index (Phi) is 4.53. The minimum atomic E-state index is -0.296. The second-order valence-electron chi connectivity index (χ2n) is 5.12. The SMILES string of the molecule is COc1cccc(CN2CCCC(C(C)=O)C2)c1F. The molecule has 19 heavy (non-hydrogen) atoms. The molecule has 104 valence electrons. The smallest absolute Gasteiger partial charge is 0.169 e. The molecule has 0 N–H and O–H groups in total. The molecule has 1 aliphatic heterocycles. The molecule has 4 heteroatoms. The molecule has 0 radical (unpaired) electrons. The number of likely N-dealkylation sites (tertiary alicyclic amines) is 1. The number of halogens is 1. The molecule has 2 rings (SSSR count). The maximum absolute atomic E-state index is 14.1. The van der Waals surface area contributed by atoms with E-state index in [2.05, 4.69) is 4.90 Å². The average molecular weight is 265 g/mol. The van der Waals surface area contributed by atoms with Crippen LogP contribution >= 0.6 is 0 Å². The van der Waals surface area contributed by atoms with Gasteiger partial charge >= 0.3 is 0 Å². The minimum Gasteiger partial charge on any atom is -0.494 e. The lowest BCUT2D eigenvalue weighted by Gasteiger charge is -2.31. The lowest BCUT2D eigenvalue weighted by atomic mass is 9.94. The van der Waals surface area contributed by atoms with E-state index in [1.807, 2.05) is 0 Å². The van der Waals surface area contributed by atoms with Gasteiger partial charge in [0.05, 0.1) is 7.11 Å².